The Bertz CT molecular complexity index is 565. The zero-order valence-electron chi connectivity index (χ0n) is 10.3. The average Bonchev–Trinajstić information content (AvgIpc) is 2.85. The lowest BCUT2D eigenvalue weighted by atomic mass is 10.0. The smallest absolute Gasteiger partial charge is 0.306 e. The van der Waals surface area contributed by atoms with Gasteiger partial charge in [-0.15, -0.1) is 0 Å². The number of carboxylic acids is 1. The number of carbonyl (C=O) groups excluding carboxylic acids is 1. The second kappa shape index (κ2) is 5.87. The van der Waals surface area contributed by atoms with Gasteiger partial charge in [0.25, 0.3) is 0 Å². The van der Waals surface area contributed by atoms with Gasteiger partial charge in [-0.3, -0.25) is 9.59 Å². The summed E-state index contributed by atoms with van der Waals surface area (Å²) < 4.78 is 26.6. The molecule has 20 heavy (non-hydrogen) atoms. The summed E-state index contributed by atoms with van der Waals surface area (Å²) in [6.45, 7) is 0. The van der Waals surface area contributed by atoms with Crippen LogP contribution in [-0.2, 0) is 9.59 Å². The van der Waals surface area contributed by atoms with Gasteiger partial charge in [-0.05, 0) is 41.3 Å². The molecule has 7 heteroatoms. The Labute approximate surface area is 122 Å². The van der Waals surface area contributed by atoms with Crippen LogP contribution in [0.3, 0.4) is 0 Å². The van der Waals surface area contributed by atoms with Gasteiger partial charge in [0, 0.05) is 12.0 Å². The number of anilines is 1. The molecule has 0 spiro atoms. The van der Waals surface area contributed by atoms with E-state index >= 15 is 0 Å². The fourth-order valence-corrected chi connectivity index (χ4v) is 2.64. The van der Waals surface area contributed by atoms with E-state index in [4.69, 9.17) is 5.11 Å². The number of nitrogens with one attached hydrogen (secondary N) is 1. The molecule has 2 N–H and O–H groups in total. The Hall–Kier alpha value is -1.50. The van der Waals surface area contributed by atoms with Crippen molar-refractivity contribution in [1.29, 1.82) is 0 Å². The number of benzene rings is 1. The molecule has 1 aliphatic carbocycles. The van der Waals surface area contributed by atoms with E-state index in [9.17, 15) is 18.4 Å². The van der Waals surface area contributed by atoms with Crippen LogP contribution >= 0.6 is 15.9 Å². The molecule has 0 heterocycles. The molecule has 1 aromatic carbocycles. The maximum absolute atomic E-state index is 13.5. The molecule has 1 saturated carbocycles. The second-order valence-corrected chi connectivity index (χ2v) is 5.63. The average molecular weight is 348 g/mol. The number of aliphatic carboxylic acids is 1. The molecular formula is C13H12BrF2NO3. The molecule has 0 aliphatic heterocycles. The largest absolute Gasteiger partial charge is 0.481 e. The quantitative estimate of drug-likeness (QED) is 0.825. The summed E-state index contributed by atoms with van der Waals surface area (Å²) >= 11 is 2.91. The SMILES string of the molecule is O=C(O)C1CCC(C(=O)Nc2cc(Br)c(F)cc2F)C1. The summed E-state index contributed by atoms with van der Waals surface area (Å²) in [4.78, 5) is 22.8. The van der Waals surface area contributed by atoms with Gasteiger partial charge in [0.15, 0.2) is 0 Å². The summed E-state index contributed by atoms with van der Waals surface area (Å²) in [7, 11) is 0. The molecule has 0 saturated heterocycles. The van der Waals surface area contributed by atoms with Gasteiger partial charge < -0.3 is 10.4 Å². The van der Waals surface area contributed by atoms with Crippen molar-refractivity contribution in [3.63, 3.8) is 0 Å². The Morgan fingerprint density at radius 2 is 1.85 bits per heavy atom. The van der Waals surface area contributed by atoms with Gasteiger partial charge in [0.1, 0.15) is 11.6 Å². The van der Waals surface area contributed by atoms with Crippen LogP contribution in [0.4, 0.5) is 14.5 Å². The van der Waals surface area contributed by atoms with Crippen molar-refractivity contribution in [2.24, 2.45) is 11.8 Å². The topological polar surface area (TPSA) is 66.4 Å². The number of carbonyl (C=O) groups is 2. The molecule has 1 fully saturated rings. The lowest BCUT2D eigenvalue weighted by Gasteiger charge is -2.12. The zero-order valence-corrected chi connectivity index (χ0v) is 11.9. The molecule has 1 aromatic rings. The Kier molecular flexibility index (Phi) is 4.37. The van der Waals surface area contributed by atoms with Gasteiger partial charge in [-0.2, -0.15) is 0 Å². The van der Waals surface area contributed by atoms with Crippen LogP contribution in [0, 0.1) is 23.5 Å². The minimum absolute atomic E-state index is 0.0454. The van der Waals surface area contributed by atoms with E-state index in [1.54, 1.807) is 0 Å². The number of hydrogen-bond acceptors (Lipinski definition) is 2. The first-order chi connectivity index (χ1) is 9.38. The number of halogens is 3. The molecule has 2 atom stereocenters. The van der Waals surface area contributed by atoms with Crippen LogP contribution in [-0.4, -0.2) is 17.0 Å². The standard InChI is InChI=1S/C13H12BrF2NO3/c14-8-4-11(10(16)5-9(8)15)17-12(18)6-1-2-7(3-6)13(19)20/h4-7H,1-3H2,(H,17,18)(H,19,20). The number of carboxylic acid groups (broad SMARTS) is 1. The van der Waals surface area contributed by atoms with Crippen LogP contribution < -0.4 is 5.32 Å². The molecule has 0 radical (unpaired) electrons. The molecule has 0 bridgehead atoms. The molecule has 4 nitrogen and oxygen atoms in total. The fraction of sp³-hybridized carbons (Fsp3) is 0.385. The molecular weight excluding hydrogens is 336 g/mol. The van der Waals surface area contributed by atoms with Gasteiger partial charge in [0.2, 0.25) is 5.91 Å². The van der Waals surface area contributed by atoms with Crippen LogP contribution in [0.2, 0.25) is 0 Å². The Morgan fingerprint density at radius 1 is 1.20 bits per heavy atom. The third-order valence-corrected chi connectivity index (χ3v) is 4.03. The fourth-order valence-electron chi connectivity index (χ4n) is 2.30. The molecule has 2 rings (SSSR count). The van der Waals surface area contributed by atoms with E-state index in [1.165, 1.54) is 0 Å². The minimum atomic E-state index is -0.920. The molecule has 1 aliphatic rings. The predicted octanol–water partition coefficient (Wildman–Crippen LogP) is 3.17. The van der Waals surface area contributed by atoms with Crippen molar-refractivity contribution in [3.05, 3.63) is 28.2 Å². The summed E-state index contributed by atoms with van der Waals surface area (Å²) in [6.07, 6.45) is 1.13. The number of amides is 1. The second-order valence-electron chi connectivity index (χ2n) is 4.78. The molecule has 1 amide bonds. The zero-order chi connectivity index (χ0) is 14.9. The van der Waals surface area contributed by atoms with E-state index in [0.717, 1.165) is 6.07 Å². The highest BCUT2D eigenvalue weighted by atomic mass is 79.9. The number of hydrogen-bond donors (Lipinski definition) is 2. The van der Waals surface area contributed by atoms with E-state index in [2.05, 4.69) is 21.2 Å². The summed E-state index contributed by atoms with van der Waals surface area (Å²) in [5.41, 5.74) is -0.123. The predicted molar refractivity (Wildman–Crippen MR) is 71.2 cm³/mol. The van der Waals surface area contributed by atoms with Crippen molar-refractivity contribution in [3.8, 4) is 0 Å². The normalized spacial score (nSPS) is 21.8. The molecule has 0 aromatic heterocycles. The van der Waals surface area contributed by atoms with Gasteiger partial charge in [-0.1, -0.05) is 0 Å². The first kappa shape index (κ1) is 14.9. The highest BCUT2D eigenvalue weighted by Gasteiger charge is 2.34. The van der Waals surface area contributed by atoms with Crippen molar-refractivity contribution < 1.29 is 23.5 Å². The Morgan fingerprint density at radius 3 is 2.45 bits per heavy atom. The van der Waals surface area contributed by atoms with Gasteiger partial charge >= 0.3 is 5.97 Å². The summed E-state index contributed by atoms with van der Waals surface area (Å²) in [6, 6.07) is 1.82. The monoisotopic (exact) mass is 347 g/mol. The van der Waals surface area contributed by atoms with Crippen LogP contribution in [0.15, 0.2) is 16.6 Å². The number of rotatable bonds is 3. The lowest BCUT2D eigenvalue weighted by Crippen LogP contribution is -2.22. The van der Waals surface area contributed by atoms with E-state index < -0.39 is 35.3 Å². The van der Waals surface area contributed by atoms with Crippen molar-refractivity contribution in [1.82, 2.24) is 0 Å². The highest BCUT2D eigenvalue weighted by Crippen LogP contribution is 2.32. The minimum Gasteiger partial charge on any atom is -0.481 e. The van der Waals surface area contributed by atoms with Gasteiger partial charge in [0.05, 0.1) is 16.1 Å². The van der Waals surface area contributed by atoms with Crippen LogP contribution in [0.25, 0.3) is 0 Å². The van der Waals surface area contributed by atoms with Crippen LogP contribution in [0.5, 0.6) is 0 Å². The summed E-state index contributed by atoms with van der Waals surface area (Å²) in [5, 5.41) is 11.3. The lowest BCUT2D eigenvalue weighted by molar-refractivity contribution is -0.141. The van der Waals surface area contributed by atoms with Crippen LogP contribution in [0.1, 0.15) is 19.3 Å². The Balaban J connectivity index is 2.06. The van der Waals surface area contributed by atoms with Crippen molar-refractivity contribution in [2.45, 2.75) is 19.3 Å². The first-order valence-electron chi connectivity index (χ1n) is 6.06. The maximum Gasteiger partial charge on any atom is 0.306 e. The summed E-state index contributed by atoms with van der Waals surface area (Å²) in [5.74, 6) is -3.98. The highest BCUT2D eigenvalue weighted by molar-refractivity contribution is 9.10. The van der Waals surface area contributed by atoms with Crippen molar-refractivity contribution in [2.75, 3.05) is 5.32 Å². The maximum atomic E-state index is 13.5. The van der Waals surface area contributed by atoms with Gasteiger partial charge in [-0.25, -0.2) is 8.78 Å². The third-order valence-electron chi connectivity index (χ3n) is 3.42. The van der Waals surface area contributed by atoms with E-state index in [1.807, 2.05) is 0 Å². The van der Waals surface area contributed by atoms with Crippen molar-refractivity contribution >= 4 is 33.5 Å². The third kappa shape index (κ3) is 3.15. The molecule has 108 valence electrons. The first-order valence-corrected chi connectivity index (χ1v) is 6.86. The van der Waals surface area contributed by atoms with E-state index in [-0.39, 0.29) is 16.6 Å². The molecule has 2 unspecified atom stereocenters. The van der Waals surface area contributed by atoms with E-state index in [0.29, 0.717) is 18.9 Å².